The van der Waals surface area contributed by atoms with Gasteiger partial charge in [-0.2, -0.15) is 0 Å². The minimum Gasteiger partial charge on any atom is -0.383 e. The van der Waals surface area contributed by atoms with Crippen molar-refractivity contribution in [3.05, 3.63) is 60.4 Å². The third kappa shape index (κ3) is 3.64. The number of nitrogens with zero attached hydrogens (tertiary/aromatic N) is 4. The summed E-state index contributed by atoms with van der Waals surface area (Å²) in [5.41, 5.74) is 1.53. The fourth-order valence-corrected chi connectivity index (χ4v) is 3.01. The molecule has 1 aromatic carbocycles. The Morgan fingerprint density at radius 2 is 1.88 bits per heavy atom. The summed E-state index contributed by atoms with van der Waals surface area (Å²) >= 11 is 1.37. The van der Waals surface area contributed by atoms with Gasteiger partial charge in [-0.25, -0.2) is 0 Å². The molecule has 0 radical (unpaired) electrons. The molecule has 0 aliphatic heterocycles. The van der Waals surface area contributed by atoms with Crippen LogP contribution in [0.5, 0.6) is 0 Å². The van der Waals surface area contributed by atoms with Gasteiger partial charge in [-0.3, -0.25) is 14.7 Å². The van der Waals surface area contributed by atoms with Crippen molar-refractivity contribution in [2.75, 3.05) is 25.2 Å². The van der Waals surface area contributed by atoms with Gasteiger partial charge in [-0.05, 0) is 24.3 Å². The molecule has 2 aromatic heterocycles. The Labute approximate surface area is 143 Å². The number of carbonyl (C=O) groups excluding carboxylic acids is 1. The minimum absolute atomic E-state index is 0.120. The topological polar surface area (TPSA) is 68.2 Å². The molecule has 0 aliphatic rings. The van der Waals surface area contributed by atoms with Crippen molar-refractivity contribution in [1.29, 1.82) is 0 Å². The molecule has 0 N–H and O–H groups in total. The number of pyridine rings is 1. The van der Waals surface area contributed by atoms with E-state index in [1.165, 1.54) is 11.3 Å². The molecule has 0 bridgehead atoms. The molecule has 0 spiro atoms. The average molecular weight is 340 g/mol. The molecule has 7 heteroatoms. The lowest BCUT2D eigenvalue weighted by Gasteiger charge is -2.18. The van der Waals surface area contributed by atoms with Crippen LogP contribution in [-0.2, 0) is 4.74 Å². The predicted molar refractivity (Wildman–Crippen MR) is 93.1 cm³/mol. The van der Waals surface area contributed by atoms with E-state index in [9.17, 15) is 4.79 Å². The zero-order valence-electron chi connectivity index (χ0n) is 13.1. The quantitative estimate of drug-likeness (QED) is 0.690. The number of aromatic nitrogens is 3. The van der Waals surface area contributed by atoms with E-state index in [4.69, 9.17) is 4.74 Å². The summed E-state index contributed by atoms with van der Waals surface area (Å²) in [6.45, 7) is 0.831. The Balaban J connectivity index is 1.89. The van der Waals surface area contributed by atoms with Gasteiger partial charge in [0, 0.05) is 30.6 Å². The molecule has 0 aliphatic carbocycles. The standard InChI is InChI=1S/C17H16N4O2S/c1-23-12-11-21(16(22)14-5-3-2-4-6-14)17-20-19-15(24-17)13-7-9-18-10-8-13/h2-10H,11-12H2,1H3. The van der Waals surface area contributed by atoms with Crippen molar-refractivity contribution in [1.82, 2.24) is 15.2 Å². The highest BCUT2D eigenvalue weighted by molar-refractivity contribution is 7.18. The fraction of sp³-hybridized carbons (Fsp3) is 0.176. The van der Waals surface area contributed by atoms with E-state index in [0.717, 1.165) is 10.6 Å². The van der Waals surface area contributed by atoms with Crippen LogP contribution in [0.3, 0.4) is 0 Å². The van der Waals surface area contributed by atoms with Gasteiger partial charge in [-0.15, -0.1) is 10.2 Å². The van der Waals surface area contributed by atoms with Crippen LogP contribution < -0.4 is 4.90 Å². The van der Waals surface area contributed by atoms with Crippen molar-refractivity contribution in [3.8, 4) is 10.6 Å². The van der Waals surface area contributed by atoms with Gasteiger partial charge in [0.05, 0.1) is 13.2 Å². The normalized spacial score (nSPS) is 10.5. The number of rotatable bonds is 6. The number of amides is 1. The van der Waals surface area contributed by atoms with Gasteiger partial charge in [0.25, 0.3) is 5.91 Å². The van der Waals surface area contributed by atoms with Gasteiger partial charge in [0.2, 0.25) is 5.13 Å². The highest BCUT2D eigenvalue weighted by Crippen LogP contribution is 2.29. The van der Waals surface area contributed by atoms with Crippen LogP contribution in [-0.4, -0.2) is 41.3 Å². The van der Waals surface area contributed by atoms with Crippen LogP contribution in [0.2, 0.25) is 0 Å². The first-order chi connectivity index (χ1) is 11.8. The number of anilines is 1. The number of hydrogen-bond acceptors (Lipinski definition) is 6. The van der Waals surface area contributed by atoms with Gasteiger partial charge < -0.3 is 4.74 Å². The van der Waals surface area contributed by atoms with E-state index in [1.54, 1.807) is 36.5 Å². The van der Waals surface area contributed by atoms with Crippen molar-refractivity contribution in [3.63, 3.8) is 0 Å². The van der Waals surface area contributed by atoms with Crippen molar-refractivity contribution < 1.29 is 9.53 Å². The van der Waals surface area contributed by atoms with Crippen molar-refractivity contribution >= 4 is 22.4 Å². The van der Waals surface area contributed by atoms with Crippen LogP contribution in [0.4, 0.5) is 5.13 Å². The summed E-state index contributed by atoms with van der Waals surface area (Å²) in [5, 5.41) is 9.68. The first-order valence-electron chi connectivity index (χ1n) is 7.39. The Hall–Kier alpha value is -2.64. The van der Waals surface area contributed by atoms with E-state index < -0.39 is 0 Å². The smallest absolute Gasteiger partial charge is 0.260 e. The van der Waals surface area contributed by atoms with Gasteiger partial charge in [0.15, 0.2) is 0 Å². The first-order valence-corrected chi connectivity index (χ1v) is 8.21. The molecule has 0 unspecified atom stereocenters. The van der Waals surface area contributed by atoms with Gasteiger partial charge >= 0.3 is 0 Å². The van der Waals surface area contributed by atoms with Crippen LogP contribution in [0.15, 0.2) is 54.9 Å². The second kappa shape index (κ2) is 7.76. The number of methoxy groups -OCH3 is 1. The van der Waals surface area contributed by atoms with Crippen LogP contribution in [0, 0.1) is 0 Å². The summed E-state index contributed by atoms with van der Waals surface area (Å²) in [7, 11) is 1.60. The SMILES string of the molecule is COCCN(C(=O)c1ccccc1)c1nnc(-c2ccncc2)s1. The second-order valence-electron chi connectivity index (χ2n) is 4.94. The number of carbonyl (C=O) groups is 1. The summed E-state index contributed by atoms with van der Waals surface area (Å²) < 4.78 is 5.13. The lowest BCUT2D eigenvalue weighted by Crippen LogP contribution is -2.33. The van der Waals surface area contributed by atoms with Gasteiger partial charge in [0.1, 0.15) is 5.01 Å². The lowest BCUT2D eigenvalue weighted by molar-refractivity contribution is 0.0975. The molecule has 0 saturated carbocycles. The zero-order valence-corrected chi connectivity index (χ0v) is 13.9. The average Bonchev–Trinajstić information content (AvgIpc) is 3.13. The zero-order chi connectivity index (χ0) is 16.8. The van der Waals surface area contributed by atoms with E-state index in [-0.39, 0.29) is 5.91 Å². The Kier molecular flexibility index (Phi) is 5.25. The minimum atomic E-state index is -0.120. The first kappa shape index (κ1) is 16.2. The molecular weight excluding hydrogens is 324 g/mol. The fourth-order valence-electron chi connectivity index (χ4n) is 2.14. The summed E-state index contributed by atoms with van der Waals surface area (Å²) in [4.78, 5) is 18.4. The number of ether oxygens (including phenoxy) is 1. The van der Waals surface area contributed by atoms with Crippen LogP contribution in [0.25, 0.3) is 10.6 Å². The third-order valence-corrected chi connectivity index (χ3v) is 4.35. The van der Waals surface area contributed by atoms with Crippen LogP contribution in [0.1, 0.15) is 10.4 Å². The highest BCUT2D eigenvalue weighted by Gasteiger charge is 2.21. The molecule has 122 valence electrons. The van der Waals surface area contributed by atoms with E-state index in [2.05, 4.69) is 15.2 Å². The maximum Gasteiger partial charge on any atom is 0.260 e. The van der Waals surface area contributed by atoms with E-state index >= 15 is 0 Å². The van der Waals surface area contributed by atoms with Crippen molar-refractivity contribution in [2.24, 2.45) is 0 Å². The Morgan fingerprint density at radius 1 is 1.12 bits per heavy atom. The lowest BCUT2D eigenvalue weighted by atomic mass is 10.2. The molecule has 0 fully saturated rings. The maximum atomic E-state index is 12.8. The van der Waals surface area contributed by atoms with Gasteiger partial charge in [-0.1, -0.05) is 29.5 Å². The molecule has 24 heavy (non-hydrogen) atoms. The monoisotopic (exact) mass is 340 g/mol. The summed E-state index contributed by atoms with van der Waals surface area (Å²) in [5.74, 6) is -0.120. The predicted octanol–water partition coefficient (Wildman–Crippen LogP) is 2.89. The Bertz CT molecular complexity index is 793. The molecule has 1 amide bonds. The van der Waals surface area contributed by atoms with E-state index in [0.29, 0.717) is 23.8 Å². The molecule has 0 saturated heterocycles. The number of hydrogen-bond donors (Lipinski definition) is 0. The molecule has 2 heterocycles. The molecule has 6 nitrogen and oxygen atoms in total. The molecule has 3 rings (SSSR count). The largest absolute Gasteiger partial charge is 0.383 e. The highest BCUT2D eigenvalue weighted by atomic mass is 32.1. The second-order valence-corrected chi connectivity index (χ2v) is 5.90. The van der Waals surface area contributed by atoms with Crippen LogP contribution >= 0.6 is 11.3 Å². The molecule has 3 aromatic rings. The summed E-state index contributed by atoms with van der Waals surface area (Å²) in [6, 6.07) is 12.8. The molecular formula is C17H16N4O2S. The summed E-state index contributed by atoms with van der Waals surface area (Å²) in [6.07, 6.45) is 3.41. The van der Waals surface area contributed by atoms with E-state index in [1.807, 2.05) is 30.3 Å². The molecule has 0 atom stereocenters. The third-order valence-electron chi connectivity index (χ3n) is 3.36. The van der Waals surface area contributed by atoms with Crippen molar-refractivity contribution in [2.45, 2.75) is 0 Å². The Morgan fingerprint density at radius 3 is 2.58 bits per heavy atom. The number of benzene rings is 1. The maximum absolute atomic E-state index is 12.8.